The minimum absolute atomic E-state index is 0.0902. The van der Waals surface area contributed by atoms with Crippen LogP contribution in [0.15, 0.2) is 48.5 Å². The molecule has 0 aromatic heterocycles. The third-order valence-electron chi connectivity index (χ3n) is 4.14. The molecule has 2 aromatic rings. The standard InChI is InChI=1S/C18H20N2O4S/c1-24-16-8-6-15(7-9-16)19-18(21)11-13-25(22,23)20-12-10-14-4-2-3-5-17(14)20/h2-9H,10-13H2,1H3,(H,19,21). The van der Waals surface area contributed by atoms with E-state index in [4.69, 9.17) is 4.74 Å². The number of carbonyl (C=O) groups is 1. The van der Waals surface area contributed by atoms with Gasteiger partial charge in [-0.25, -0.2) is 8.42 Å². The molecule has 25 heavy (non-hydrogen) atoms. The molecule has 0 fully saturated rings. The maximum atomic E-state index is 12.6. The number of nitrogens with one attached hydrogen (secondary N) is 1. The zero-order valence-corrected chi connectivity index (χ0v) is 14.8. The van der Waals surface area contributed by atoms with E-state index in [1.807, 2.05) is 18.2 Å². The highest BCUT2D eigenvalue weighted by atomic mass is 32.2. The first-order chi connectivity index (χ1) is 12.0. The molecule has 132 valence electrons. The lowest BCUT2D eigenvalue weighted by molar-refractivity contribution is -0.115. The van der Waals surface area contributed by atoms with Gasteiger partial charge in [-0.2, -0.15) is 0 Å². The maximum absolute atomic E-state index is 12.6. The number of hydrogen-bond donors (Lipinski definition) is 1. The smallest absolute Gasteiger partial charge is 0.235 e. The van der Waals surface area contributed by atoms with Crippen molar-refractivity contribution in [3.63, 3.8) is 0 Å². The lowest BCUT2D eigenvalue weighted by Gasteiger charge is -2.19. The molecular formula is C18H20N2O4S. The number of ether oxygens (including phenoxy) is 1. The molecule has 7 heteroatoms. The second kappa shape index (κ2) is 7.14. The molecule has 0 bridgehead atoms. The van der Waals surface area contributed by atoms with E-state index in [0.717, 1.165) is 11.3 Å². The number of benzene rings is 2. The average Bonchev–Trinajstić information content (AvgIpc) is 3.06. The summed E-state index contributed by atoms with van der Waals surface area (Å²) in [6.07, 6.45) is 0.612. The molecule has 6 nitrogen and oxygen atoms in total. The molecule has 0 aliphatic carbocycles. The number of fused-ring (bicyclic) bond motifs is 1. The largest absolute Gasteiger partial charge is 0.497 e. The number of carbonyl (C=O) groups excluding carboxylic acids is 1. The summed E-state index contributed by atoms with van der Waals surface area (Å²) in [5.41, 5.74) is 2.35. The molecule has 1 heterocycles. The SMILES string of the molecule is COc1ccc(NC(=O)CCS(=O)(=O)N2CCc3ccccc32)cc1. The van der Waals surface area contributed by atoms with Gasteiger partial charge in [0.25, 0.3) is 0 Å². The Kier molecular flexibility index (Phi) is 4.94. The third kappa shape index (κ3) is 3.93. The van der Waals surface area contributed by atoms with Gasteiger partial charge in [-0.05, 0) is 42.3 Å². The fraction of sp³-hybridized carbons (Fsp3) is 0.278. The van der Waals surface area contributed by atoms with E-state index in [2.05, 4.69) is 5.32 Å². The molecule has 1 aliphatic heterocycles. The highest BCUT2D eigenvalue weighted by molar-refractivity contribution is 7.92. The van der Waals surface area contributed by atoms with E-state index in [-0.39, 0.29) is 18.1 Å². The average molecular weight is 360 g/mol. The number of hydrogen-bond acceptors (Lipinski definition) is 4. The number of nitrogens with zero attached hydrogens (tertiary/aromatic N) is 1. The van der Waals surface area contributed by atoms with Crippen molar-refractivity contribution in [2.24, 2.45) is 0 Å². The van der Waals surface area contributed by atoms with Crippen LogP contribution in [0.4, 0.5) is 11.4 Å². The third-order valence-corrected chi connectivity index (χ3v) is 5.91. The van der Waals surface area contributed by atoms with Gasteiger partial charge in [-0.3, -0.25) is 9.10 Å². The van der Waals surface area contributed by atoms with Gasteiger partial charge in [0.05, 0.1) is 18.6 Å². The van der Waals surface area contributed by atoms with Crippen molar-refractivity contribution in [1.82, 2.24) is 0 Å². The zero-order chi connectivity index (χ0) is 17.9. The van der Waals surface area contributed by atoms with Crippen molar-refractivity contribution >= 4 is 27.3 Å². The minimum Gasteiger partial charge on any atom is -0.497 e. The number of rotatable bonds is 6. The van der Waals surface area contributed by atoms with Crippen LogP contribution in [0.25, 0.3) is 0 Å². The molecule has 0 unspecified atom stereocenters. The number of amides is 1. The molecular weight excluding hydrogens is 340 g/mol. The van der Waals surface area contributed by atoms with Gasteiger partial charge in [0.1, 0.15) is 5.75 Å². The van der Waals surface area contributed by atoms with Crippen LogP contribution >= 0.6 is 0 Å². The van der Waals surface area contributed by atoms with Gasteiger partial charge in [-0.15, -0.1) is 0 Å². The van der Waals surface area contributed by atoms with Crippen LogP contribution < -0.4 is 14.4 Å². The van der Waals surface area contributed by atoms with E-state index < -0.39 is 10.0 Å². The summed E-state index contributed by atoms with van der Waals surface area (Å²) in [6.45, 7) is 0.432. The quantitative estimate of drug-likeness (QED) is 0.858. The molecule has 2 aromatic carbocycles. The number of anilines is 2. The van der Waals surface area contributed by atoms with Gasteiger partial charge >= 0.3 is 0 Å². The number of sulfonamides is 1. The lowest BCUT2D eigenvalue weighted by atomic mass is 10.2. The first-order valence-corrected chi connectivity index (χ1v) is 9.63. The highest BCUT2D eigenvalue weighted by Gasteiger charge is 2.29. The lowest BCUT2D eigenvalue weighted by Crippen LogP contribution is -2.32. The minimum atomic E-state index is -3.52. The van der Waals surface area contributed by atoms with Crippen molar-refractivity contribution in [3.05, 3.63) is 54.1 Å². The monoisotopic (exact) mass is 360 g/mol. The summed E-state index contributed by atoms with van der Waals surface area (Å²) in [6, 6.07) is 14.3. The fourth-order valence-electron chi connectivity index (χ4n) is 2.83. The zero-order valence-electron chi connectivity index (χ0n) is 13.9. The predicted octanol–water partition coefficient (Wildman–Crippen LogP) is 2.42. The van der Waals surface area contributed by atoms with Gasteiger partial charge < -0.3 is 10.1 Å². The molecule has 1 amide bonds. The van der Waals surface area contributed by atoms with Crippen molar-refractivity contribution in [2.75, 3.05) is 29.0 Å². The van der Waals surface area contributed by atoms with Gasteiger partial charge in [0.15, 0.2) is 0 Å². The van der Waals surface area contributed by atoms with Crippen LogP contribution in [0.3, 0.4) is 0 Å². The topological polar surface area (TPSA) is 75.7 Å². The van der Waals surface area contributed by atoms with Crippen molar-refractivity contribution < 1.29 is 17.9 Å². The molecule has 1 N–H and O–H groups in total. The summed E-state index contributed by atoms with van der Waals surface area (Å²) >= 11 is 0. The summed E-state index contributed by atoms with van der Waals surface area (Å²) in [7, 11) is -1.95. The van der Waals surface area contributed by atoms with Crippen LogP contribution in [0, 0.1) is 0 Å². The Balaban J connectivity index is 1.59. The number of para-hydroxylation sites is 1. The Hall–Kier alpha value is -2.54. The Morgan fingerprint density at radius 1 is 1.16 bits per heavy atom. The molecule has 0 radical (unpaired) electrons. The Bertz CT molecular complexity index is 863. The second-order valence-electron chi connectivity index (χ2n) is 5.79. The fourth-order valence-corrected chi connectivity index (χ4v) is 4.34. The summed E-state index contributed by atoms with van der Waals surface area (Å²) < 4.78 is 31.6. The van der Waals surface area contributed by atoms with Gasteiger partial charge in [0, 0.05) is 18.7 Å². The molecule has 3 rings (SSSR count). The van der Waals surface area contributed by atoms with E-state index in [0.29, 0.717) is 24.4 Å². The van der Waals surface area contributed by atoms with E-state index >= 15 is 0 Å². The Morgan fingerprint density at radius 2 is 1.88 bits per heavy atom. The predicted molar refractivity (Wildman–Crippen MR) is 97.5 cm³/mol. The van der Waals surface area contributed by atoms with Crippen molar-refractivity contribution in [3.8, 4) is 5.75 Å². The molecule has 0 atom stereocenters. The van der Waals surface area contributed by atoms with Crippen LogP contribution in [0.2, 0.25) is 0 Å². The summed E-state index contributed by atoms with van der Waals surface area (Å²) in [5.74, 6) is 0.137. The van der Waals surface area contributed by atoms with Crippen LogP contribution in [0.1, 0.15) is 12.0 Å². The van der Waals surface area contributed by atoms with E-state index in [9.17, 15) is 13.2 Å². The van der Waals surface area contributed by atoms with Crippen molar-refractivity contribution in [2.45, 2.75) is 12.8 Å². The highest BCUT2D eigenvalue weighted by Crippen LogP contribution is 2.30. The van der Waals surface area contributed by atoms with E-state index in [1.54, 1.807) is 37.4 Å². The summed E-state index contributed by atoms with van der Waals surface area (Å²) in [5, 5.41) is 2.70. The van der Waals surface area contributed by atoms with Crippen LogP contribution in [-0.4, -0.2) is 33.7 Å². The van der Waals surface area contributed by atoms with Crippen LogP contribution in [-0.2, 0) is 21.2 Å². The van der Waals surface area contributed by atoms with Crippen molar-refractivity contribution in [1.29, 1.82) is 0 Å². The number of methoxy groups -OCH3 is 1. The Morgan fingerprint density at radius 3 is 2.60 bits per heavy atom. The normalized spacial score (nSPS) is 13.4. The molecule has 0 saturated heterocycles. The maximum Gasteiger partial charge on any atom is 0.235 e. The first kappa shape index (κ1) is 17.3. The van der Waals surface area contributed by atoms with E-state index in [1.165, 1.54) is 4.31 Å². The first-order valence-electron chi connectivity index (χ1n) is 8.02. The Labute approximate surface area is 147 Å². The van der Waals surface area contributed by atoms with Gasteiger partial charge in [0.2, 0.25) is 15.9 Å². The molecule has 0 saturated carbocycles. The second-order valence-corrected chi connectivity index (χ2v) is 7.81. The molecule has 1 aliphatic rings. The molecule has 0 spiro atoms. The van der Waals surface area contributed by atoms with Crippen LogP contribution in [0.5, 0.6) is 5.75 Å². The van der Waals surface area contributed by atoms with Gasteiger partial charge in [-0.1, -0.05) is 18.2 Å². The summed E-state index contributed by atoms with van der Waals surface area (Å²) in [4.78, 5) is 12.0.